The quantitative estimate of drug-likeness (QED) is 0.0824. The summed E-state index contributed by atoms with van der Waals surface area (Å²) in [4.78, 5) is 91.0. The number of rotatable bonds is 14. The van der Waals surface area contributed by atoms with Gasteiger partial charge in [-0.3, -0.25) is 43.7 Å². The van der Waals surface area contributed by atoms with Crippen molar-refractivity contribution in [2.75, 3.05) is 53.5 Å². The Kier molecular flexibility index (Phi) is 16.2. The molecule has 17 nitrogen and oxygen atoms in total. The highest BCUT2D eigenvalue weighted by atomic mass is 16.5. The predicted octanol–water partition coefficient (Wildman–Crippen LogP) is 5.45. The van der Waals surface area contributed by atoms with Crippen molar-refractivity contribution in [1.29, 1.82) is 0 Å². The lowest BCUT2D eigenvalue weighted by Crippen LogP contribution is -2.62. The van der Waals surface area contributed by atoms with Crippen molar-refractivity contribution in [3.63, 3.8) is 0 Å². The Labute approximate surface area is 417 Å². The molecule has 4 aromatic rings. The molecular formula is C54H72N8O9. The molecule has 7 rings (SSSR count). The number of phenolic OH excluding ortho intramolecular Hbond substituents is 1. The highest BCUT2D eigenvalue weighted by Crippen LogP contribution is 2.42. The number of hydrogen-bond acceptors (Lipinski definition) is 12. The van der Waals surface area contributed by atoms with Gasteiger partial charge in [-0.25, -0.2) is 5.43 Å². The van der Waals surface area contributed by atoms with Crippen molar-refractivity contribution in [3.8, 4) is 28.1 Å². The zero-order valence-corrected chi connectivity index (χ0v) is 43.0. The SMILES string of the molecule is CCn1c(-c2cccnc2C(C)C)c2c3cc(ccc31)-c1cc(O)cc(c1)C[C@H](NC(=O)[C@H](C(C)C)N(C)C(=O)CN(C)C(=O)[C@H]1CN1CCCOC(C)=O)C(=O)N1CCC[C@H](N1)C(=O)OCC(C)(C)C2. The van der Waals surface area contributed by atoms with Crippen LogP contribution in [0.5, 0.6) is 5.75 Å². The number of hydrazine groups is 1. The van der Waals surface area contributed by atoms with Gasteiger partial charge in [0.1, 0.15) is 29.9 Å². The largest absolute Gasteiger partial charge is 0.508 e. The van der Waals surface area contributed by atoms with Gasteiger partial charge in [0, 0.05) is 81.7 Å². The summed E-state index contributed by atoms with van der Waals surface area (Å²) in [6.45, 7) is 17.7. The maximum absolute atomic E-state index is 14.8. The van der Waals surface area contributed by atoms with Gasteiger partial charge in [-0.05, 0) is 103 Å². The molecule has 382 valence electrons. The molecule has 0 spiro atoms. The minimum absolute atomic E-state index is 0.0195. The Balaban J connectivity index is 1.21. The van der Waals surface area contributed by atoms with E-state index >= 15 is 0 Å². The number of cyclic esters (lactones) is 1. The van der Waals surface area contributed by atoms with Crippen LogP contribution in [-0.2, 0) is 57.6 Å². The number of fused-ring (bicyclic) bond motifs is 6. The number of aryl methyl sites for hydroxylation is 1. The molecule has 2 fully saturated rings. The van der Waals surface area contributed by atoms with E-state index in [0.717, 1.165) is 39.0 Å². The number of hydrogen-bond donors (Lipinski definition) is 3. The maximum atomic E-state index is 14.8. The van der Waals surface area contributed by atoms with Crippen LogP contribution < -0.4 is 10.7 Å². The number of carbonyl (C=O) groups excluding carboxylic acids is 6. The number of carbonyl (C=O) groups is 6. The second-order valence-electron chi connectivity index (χ2n) is 20.9. The van der Waals surface area contributed by atoms with Gasteiger partial charge in [0.25, 0.3) is 5.91 Å². The zero-order chi connectivity index (χ0) is 51.5. The van der Waals surface area contributed by atoms with Crippen LogP contribution in [0.3, 0.4) is 0 Å². The third kappa shape index (κ3) is 12.1. The van der Waals surface area contributed by atoms with E-state index in [1.165, 1.54) is 28.8 Å². The van der Waals surface area contributed by atoms with E-state index in [1.807, 2.05) is 29.3 Å². The average molecular weight is 977 g/mol. The van der Waals surface area contributed by atoms with Gasteiger partial charge in [0.2, 0.25) is 17.7 Å². The molecule has 6 bridgehead atoms. The molecule has 2 saturated heterocycles. The Hall–Kier alpha value is -6.33. The molecule has 0 radical (unpaired) electrons. The molecule has 17 heteroatoms. The third-order valence-corrected chi connectivity index (χ3v) is 13.8. The average Bonchev–Trinajstić information content (AvgIpc) is 4.04. The van der Waals surface area contributed by atoms with Crippen molar-refractivity contribution in [1.82, 2.24) is 40.0 Å². The van der Waals surface area contributed by atoms with Crippen LogP contribution >= 0.6 is 0 Å². The number of phenols is 1. The number of pyridine rings is 1. The first-order valence-corrected chi connectivity index (χ1v) is 25.0. The summed E-state index contributed by atoms with van der Waals surface area (Å²) in [5.41, 5.74) is 9.92. The summed E-state index contributed by atoms with van der Waals surface area (Å²) in [6, 6.07) is 12.1. The number of likely N-dealkylation sites (N-methyl/N-ethyl adjacent to an activating group) is 2. The number of benzene rings is 2. The molecule has 3 aliphatic heterocycles. The summed E-state index contributed by atoms with van der Waals surface area (Å²) in [5, 5.41) is 16.7. The maximum Gasteiger partial charge on any atom is 0.324 e. The lowest BCUT2D eigenvalue weighted by atomic mass is 9.83. The van der Waals surface area contributed by atoms with Crippen LogP contribution in [0.15, 0.2) is 54.7 Å². The normalized spacial score (nSPS) is 20.5. The molecular weight excluding hydrogens is 905 g/mol. The molecule has 5 heterocycles. The minimum Gasteiger partial charge on any atom is -0.508 e. The second-order valence-corrected chi connectivity index (χ2v) is 20.9. The molecule has 2 aromatic carbocycles. The fourth-order valence-electron chi connectivity index (χ4n) is 10.2. The highest BCUT2D eigenvalue weighted by molar-refractivity contribution is 5.96. The number of nitrogens with zero attached hydrogens (tertiary/aromatic N) is 6. The van der Waals surface area contributed by atoms with E-state index in [2.05, 4.69) is 68.1 Å². The van der Waals surface area contributed by atoms with Crippen LogP contribution in [0.2, 0.25) is 0 Å². The molecule has 1 unspecified atom stereocenters. The Morgan fingerprint density at radius 3 is 2.51 bits per heavy atom. The van der Waals surface area contributed by atoms with Gasteiger partial charge >= 0.3 is 11.9 Å². The molecule has 3 aliphatic rings. The van der Waals surface area contributed by atoms with E-state index < -0.39 is 53.1 Å². The lowest BCUT2D eigenvalue weighted by molar-refractivity contribution is -0.155. The number of amides is 4. The first kappa shape index (κ1) is 52.5. The highest BCUT2D eigenvalue weighted by Gasteiger charge is 2.43. The zero-order valence-electron chi connectivity index (χ0n) is 43.0. The van der Waals surface area contributed by atoms with Crippen molar-refractivity contribution >= 4 is 46.5 Å². The molecule has 4 amide bonds. The number of nitrogens with one attached hydrogen (secondary N) is 2. The van der Waals surface area contributed by atoms with E-state index in [4.69, 9.17) is 14.5 Å². The third-order valence-electron chi connectivity index (χ3n) is 13.8. The summed E-state index contributed by atoms with van der Waals surface area (Å²) in [6.07, 6.45) is 3.86. The van der Waals surface area contributed by atoms with Crippen LogP contribution in [0.25, 0.3) is 33.3 Å². The van der Waals surface area contributed by atoms with E-state index in [1.54, 1.807) is 33.0 Å². The van der Waals surface area contributed by atoms with Gasteiger partial charge in [0.15, 0.2) is 0 Å². The number of esters is 2. The number of aromatic nitrogens is 2. The summed E-state index contributed by atoms with van der Waals surface area (Å²) < 4.78 is 13.4. The molecule has 0 saturated carbocycles. The van der Waals surface area contributed by atoms with Gasteiger partial charge < -0.3 is 34.3 Å². The van der Waals surface area contributed by atoms with Crippen molar-refractivity contribution in [3.05, 3.63) is 71.5 Å². The Morgan fingerprint density at radius 1 is 1.04 bits per heavy atom. The monoisotopic (exact) mass is 977 g/mol. The molecule has 2 aromatic heterocycles. The van der Waals surface area contributed by atoms with Crippen molar-refractivity contribution < 1.29 is 43.3 Å². The van der Waals surface area contributed by atoms with E-state index in [0.29, 0.717) is 56.4 Å². The minimum atomic E-state index is -1.20. The number of aromatic hydroxyl groups is 1. The Bertz CT molecular complexity index is 2660. The van der Waals surface area contributed by atoms with Gasteiger partial charge in [-0.15, -0.1) is 0 Å². The Morgan fingerprint density at radius 2 is 1.80 bits per heavy atom. The molecule has 5 atom stereocenters. The van der Waals surface area contributed by atoms with Crippen molar-refractivity contribution in [2.24, 2.45) is 11.3 Å². The van der Waals surface area contributed by atoms with Gasteiger partial charge in [-0.2, -0.15) is 0 Å². The standard InChI is InChI=1S/C54H72N8O9/c1-11-61-44-18-17-36-27-40(44)41(49(61)39-15-12-19-55-47(39)32(2)3)28-54(7,8)31-71-53(69)42-16-13-21-62(57-42)51(67)43(25-35-23-37(36)26-38(64)24-35)56-50(66)48(33(4)5)59(10)46(65)30-58(9)52(68)45-29-60(45)20-14-22-70-34(6)63/h12,15,17-19,23-24,26-27,32-33,42-43,45,48,57,64H,11,13-14,16,20-22,25,28-31H2,1-10H3,(H,56,66)/t42-,43-,45+,48-,60?/m0/s1. The fraction of sp³-hybridized carbons (Fsp3) is 0.537. The van der Waals surface area contributed by atoms with Crippen LogP contribution in [0, 0.1) is 11.3 Å². The smallest absolute Gasteiger partial charge is 0.324 e. The van der Waals surface area contributed by atoms with Gasteiger partial charge in [0.05, 0.1) is 31.1 Å². The summed E-state index contributed by atoms with van der Waals surface area (Å²) >= 11 is 0. The van der Waals surface area contributed by atoms with E-state index in [9.17, 15) is 33.9 Å². The molecule has 0 aliphatic carbocycles. The first-order chi connectivity index (χ1) is 33.7. The van der Waals surface area contributed by atoms with Crippen LogP contribution in [-0.4, -0.2) is 148 Å². The van der Waals surface area contributed by atoms with Crippen LogP contribution in [0.4, 0.5) is 0 Å². The first-order valence-electron chi connectivity index (χ1n) is 25.0. The topological polar surface area (TPSA) is 196 Å². The summed E-state index contributed by atoms with van der Waals surface area (Å²) in [7, 11) is 3.06. The molecule has 3 N–H and O–H groups in total. The van der Waals surface area contributed by atoms with Crippen molar-refractivity contribution in [2.45, 2.75) is 124 Å². The summed E-state index contributed by atoms with van der Waals surface area (Å²) in [5.74, 6) is -2.89. The fourth-order valence-corrected chi connectivity index (χ4v) is 10.2. The second kappa shape index (κ2) is 22.0. The number of ether oxygens (including phenoxy) is 2. The van der Waals surface area contributed by atoms with E-state index in [-0.39, 0.29) is 62.3 Å². The predicted molar refractivity (Wildman–Crippen MR) is 270 cm³/mol. The van der Waals surface area contributed by atoms with Crippen LogP contribution in [0.1, 0.15) is 97.4 Å². The lowest BCUT2D eigenvalue weighted by Gasteiger charge is -2.37. The van der Waals surface area contributed by atoms with Gasteiger partial charge in [-0.1, -0.05) is 53.7 Å². The molecule has 71 heavy (non-hydrogen) atoms.